The maximum Gasteiger partial charge on any atom is 0.319 e. The monoisotopic (exact) mass is 243 g/mol. The summed E-state index contributed by atoms with van der Waals surface area (Å²) < 4.78 is 35.6. The fraction of sp³-hybridized carbons (Fsp3) is 0. The third-order valence-corrected chi connectivity index (χ3v) is 2.16. The molecular formula is C6H4Cl2FNO2S. The normalized spacial score (nSPS) is 11.3. The lowest BCUT2D eigenvalue weighted by atomic mass is 10.3. The van der Waals surface area contributed by atoms with Gasteiger partial charge in [0, 0.05) is 10.7 Å². The van der Waals surface area contributed by atoms with Crippen molar-refractivity contribution in [3.8, 4) is 0 Å². The van der Waals surface area contributed by atoms with Crippen molar-refractivity contribution in [3.63, 3.8) is 0 Å². The Morgan fingerprint density at radius 3 is 2.46 bits per heavy atom. The van der Waals surface area contributed by atoms with Crippen molar-refractivity contribution in [1.82, 2.24) is 0 Å². The minimum absolute atomic E-state index is 0.112. The zero-order chi connectivity index (χ0) is 10.1. The molecule has 0 atom stereocenters. The predicted molar refractivity (Wildman–Crippen MR) is 49.8 cm³/mol. The third-order valence-electron chi connectivity index (χ3n) is 1.16. The van der Waals surface area contributed by atoms with E-state index in [-0.39, 0.29) is 10.7 Å². The maximum atomic E-state index is 12.6. The molecule has 0 heterocycles. The molecule has 0 fully saturated rings. The zero-order valence-corrected chi connectivity index (χ0v) is 8.42. The van der Waals surface area contributed by atoms with Crippen LogP contribution in [0.1, 0.15) is 0 Å². The lowest BCUT2D eigenvalue weighted by Gasteiger charge is -2.02. The molecule has 0 aliphatic carbocycles. The second-order valence-electron chi connectivity index (χ2n) is 2.17. The molecule has 0 amide bonds. The van der Waals surface area contributed by atoms with Gasteiger partial charge in [-0.3, -0.25) is 4.72 Å². The minimum Gasteiger partial charge on any atom is -0.271 e. The number of halogens is 3. The van der Waals surface area contributed by atoms with E-state index in [2.05, 4.69) is 0 Å². The first-order valence-electron chi connectivity index (χ1n) is 3.06. The van der Waals surface area contributed by atoms with Crippen LogP contribution in [0.2, 0.25) is 5.02 Å². The van der Waals surface area contributed by atoms with Gasteiger partial charge in [-0.05, 0) is 18.2 Å². The Kier molecular flexibility index (Phi) is 3.00. The van der Waals surface area contributed by atoms with E-state index in [9.17, 15) is 12.8 Å². The van der Waals surface area contributed by atoms with Gasteiger partial charge in [-0.2, -0.15) is 8.42 Å². The van der Waals surface area contributed by atoms with Gasteiger partial charge in [0.15, 0.2) is 0 Å². The van der Waals surface area contributed by atoms with Gasteiger partial charge < -0.3 is 0 Å². The Balaban J connectivity index is 2.99. The largest absolute Gasteiger partial charge is 0.319 e. The van der Waals surface area contributed by atoms with E-state index < -0.39 is 15.1 Å². The molecule has 0 aliphatic heterocycles. The molecule has 0 unspecified atom stereocenters. The summed E-state index contributed by atoms with van der Waals surface area (Å²) in [6.45, 7) is 0. The molecule has 72 valence electrons. The van der Waals surface area contributed by atoms with Gasteiger partial charge in [0.1, 0.15) is 5.82 Å². The van der Waals surface area contributed by atoms with Gasteiger partial charge in [-0.1, -0.05) is 11.6 Å². The molecule has 13 heavy (non-hydrogen) atoms. The van der Waals surface area contributed by atoms with Crippen LogP contribution in [0.3, 0.4) is 0 Å². The summed E-state index contributed by atoms with van der Waals surface area (Å²) in [6, 6.07) is 3.37. The Morgan fingerprint density at radius 1 is 1.38 bits per heavy atom. The van der Waals surface area contributed by atoms with E-state index in [0.717, 1.165) is 12.1 Å². The standard InChI is InChI=1S/C6H4Cl2FNO2S/c7-5-3-4(1-2-6(5)9)10-13(8,11)12/h1-3,10H. The molecule has 1 aromatic carbocycles. The lowest BCUT2D eigenvalue weighted by molar-refractivity contribution is 0.613. The van der Waals surface area contributed by atoms with Crippen molar-refractivity contribution in [2.75, 3.05) is 4.72 Å². The average Bonchev–Trinajstić information content (AvgIpc) is 1.94. The van der Waals surface area contributed by atoms with Crippen molar-refractivity contribution in [3.05, 3.63) is 29.0 Å². The van der Waals surface area contributed by atoms with Crippen LogP contribution in [0, 0.1) is 5.82 Å². The van der Waals surface area contributed by atoms with Crippen LogP contribution in [0.15, 0.2) is 18.2 Å². The van der Waals surface area contributed by atoms with E-state index in [4.69, 9.17) is 22.3 Å². The summed E-state index contributed by atoms with van der Waals surface area (Å²) in [5.74, 6) is -0.626. The first-order chi connectivity index (χ1) is 5.88. The highest BCUT2D eigenvalue weighted by atomic mass is 35.7. The highest BCUT2D eigenvalue weighted by Gasteiger charge is 2.06. The molecule has 0 saturated heterocycles. The molecule has 0 aromatic heterocycles. The van der Waals surface area contributed by atoms with Crippen molar-refractivity contribution in [2.45, 2.75) is 0 Å². The number of benzene rings is 1. The summed E-state index contributed by atoms with van der Waals surface area (Å²) in [4.78, 5) is 0. The van der Waals surface area contributed by atoms with Crippen LogP contribution >= 0.6 is 22.3 Å². The van der Waals surface area contributed by atoms with E-state index in [1.165, 1.54) is 6.07 Å². The number of hydrogen-bond acceptors (Lipinski definition) is 2. The zero-order valence-electron chi connectivity index (χ0n) is 6.09. The summed E-state index contributed by atoms with van der Waals surface area (Å²) in [6.07, 6.45) is 0. The molecule has 1 N–H and O–H groups in total. The van der Waals surface area contributed by atoms with Crippen LogP contribution in [0.25, 0.3) is 0 Å². The van der Waals surface area contributed by atoms with E-state index >= 15 is 0 Å². The van der Waals surface area contributed by atoms with Gasteiger partial charge >= 0.3 is 9.24 Å². The smallest absolute Gasteiger partial charge is 0.271 e. The molecule has 1 rings (SSSR count). The Bertz CT molecular complexity index is 421. The van der Waals surface area contributed by atoms with E-state index in [0.29, 0.717) is 0 Å². The fourth-order valence-corrected chi connectivity index (χ4v) is 1.56. The summed E-state index contributed by atoms with van der Waals surface area (Å²) >= 11 is 5.39. The van der Waals surface area contributed by atoms with Crippen LogP contribution in [0.4, 0.5) is 10.1 Å². The van der Waals surface area contributed by atoms with Gasteiger partial charge in [-0.15, -0.1) is 0 Å². The molecule has 0 spiro atoms. The number of hydrogen-bond donors (Lipinski definition) is 1. The van der Waals surface area contributed by atoms with Crippen LogP contribution in [-0.2, 0) is 9.24 Å². The summed E-state index contributed by atoms with van der Waals surface area (Å²) in [7, 11) is 1.02. The highest BCUT2D eigenvalue weighted by molar-refractivity contribution is 8.14. The lowest BCUT2D eigenvalue weighted by Crippen LogP contribution is -2.03. The average molecular weight is 244 g/mol. The van der Waals surface area contributed by atoms with Crippen molar-refractivity contribution in [1.29, 1.82) is 0 Å². The third kappa shape index (κ3) is 3.38. The van der Waals surface area contributed by atoms with Gasteiger partial charge in [-0.25, -0.2) is 4.39 Å². The topological polar surface area (TPSA) is 46.2 Å². The molecule has 0 aliphatic rings. The van der Waals surface area contributed by atoms with E-state index in [1.54, 1.807) is 0 Å². The SMILES string of the molecule is O=S(=O)(Cl)Nc1ccc(F)c(Cl)c1. The number of nitrogens with one attached hydrogen (secondary N) is 1. The van der Waals surface area contributed by atoms with Gasteiger partial charge in [0.25, 0.3) is 0 Å². The predicted octanol–water partition coefficient (Wildman–Crippen LogP) is 2.37. The molecule has 0 radical (unpaired) electrons. The first kappa shape index (κ1) is 10.6. The quantitative estimate of drug-likeness (QED) is 0.811. The summed E-state index contributed by atoms with van der Waals surface area (Å²) in [5.41, 5.74) is 0.112. The molecule has 0 saturated carbocycles. The van der Waals surface area contributed by atoms with Crippen molar-refractivity contribution >= 4 is 37.2 Å². The molecule has 0 bridgehead atoms. The second kappa shape index (κ2) is 3.69. The molecule has 1 aromatic rings. The van der Waals surface area contributed by atoms with Crippen LogP contribution in [0.5, 0.6) is 0 Å². The minimum atomic E-state index is -3.87. The Labute approximate surface area is 84.0 Å². The number of rotatable bonds is 2. The highest BCUT2D eigenvalue weighted by Crippen LogP contribution is 2.20. The van der Waals surface area contributed by atoms with Gasteiger partial charge in [0.05, 0.1) is 10.7 Å². The van der Waals surface area contributed by atoms with Crippen molar-refractivity contribution in [2.24, 2.45) is 0 Å². The van der Waals surface area contributed by atoms with E-state index in [1.807, 2.05) is 4.72 Å². The summed E-state index contributed by atoms with van der Waals surface area (Å²) in [5, 5.41) is -0.176. The second-order valence-corrected chi connectivity index (χ2v) is 4.87. The number of anilines is 1. The van der Waals surface area contributed by atoms with Gasteiger partial charge in [0.2, 0.25) is 0 Å². The molecule has 7 heteroatoms. The van der Waals surface area contributed by atoms with Crippen molar-refractivity contribution < 1.29 is 12.8 Å². The maximum absolute atomic E-state index is 12.6. The van der Waals surface area contributed by atoms with Crippen LogP contribution < -0.4 is 4.72 Å². The fourth-order valence-electron chi connectivity index (χ4n) is 0.700. The molecular weight excluding hydrogens is 240 g/mol. The Morgan fingerprint density at radius 2 is 2.00 bits per heavy atom. The Hall–Kier alpha value is -0.520. The molecule has 3 nitrogen and oxygen atoms in total. The van der Waals surface area contributed by atoms with Crippen LogP contribution in [-0.4, -0.2) is 8.42 Å². The first-order valence-corrected chi connectivity index (χ1v) is 5.75.